The molecule has 3 aromatic rings. The molecule has 1 aliphatic heterocycles. The number of hydrogen-bond acceptors (Lipinski definition) is 10. The SMILES string of the molecule is COC(=O)c1cc(NC(=O)CN2CCC(n3nnc(-c4cccs4)n3)CC2)cc(C(=O)OC)c1. The minimum atomic E-state index is -0.618. The zero-order chi connectivity index (χ0) is 24.1. The molecule has 1 amide bonds. The molecule has 178 valence electrons. The van der Waals surface area contributed by atoms with Crippen LogP contribution in [0.5, 0.6) is 0 Å². The number of likely N-dealkylation sites (tertiary alicyclic amines) is 1. The number of methoxy groups -OCH3 is 2. The van der Waals surface area contributed by atoms with Crippen LogP contribution in [0.2, 0.25) is 0 Å². The number of rotatable bonds is 7. The molecule has 1 aromatic carbocycles. The predicted octanol–water partition coefficient (Wildman–Crippen LogP) is 2.25. The van der Waals surface area contributed by atoms with E-state index in [4.69, 9.17) is 9.47 Å². The smallest absolute Gasteiger partial charge is 0.337 e. The summed E-state index contributed by atoms with van der Waals surface area (Å²) in [6, 6.07) is 8.32. The van der Waals surface area contributed by atoms with Crippen molar-refractivity contribution >= 4 is 34.9 Å². The molecule has 1 saturated heterocycles. The number of nitrogens with one attached hydrogen (secondary N) is 1. The summed E-state index contributed by atoms with van der Waals surface area (Å²) in [5.41, 5.74) is 0.601. The number of piperidine rings is 1. The maximum atomic E-state index is 12.6. The lowest BCUT2D eigenvalue weighted by Crippen LogP contribution is -2.40. The second-order valence-electron chi connectivity index (χ2n) is 7.75. The number of amides is 1. The largest absolute Gasteiger partial charge is 0.465 e. The van der Waals surface area contributed by atoms with Crippen LogP contribution in [0.1, 0.15) is 39.6 Å². The normalized spacial score (nSPS) is 14.5. The van der Waals surface area contributed by atoms with E-state index in [9.17, 15) is 14.4 Å². The summed E-state index contributed by atoms with van der Waals surface area (Å²) in [5, 5.41) is 17.6. The molecule has 0 atom stereocenters. The Labute approximate surface area is 199 Å². The van der Waals surface area contributed by atoms with E-state index in [0.717, 1.165) is 17.7 Å². The minimum Gasteiger partial charge on any atom is -0.465 e. The molecule has 0 radical (unpaired) electrons. The number of ether oxygens (including phenoxy) is 2. The Morgan fingerprint density at radius 3 is 2.35 bits per heavy atom. The Balaban J connectivity index is 1.34. The van der Waals surface area contributed by atoms with Gasteiger partial charge in [0, 0.05) is 18.8 Å². The summed E-state index contributed by atoms with van der Waals surface area (Å²) in [5.74, 6) is -0.868. The van der Waals surface area contributed by atoms with Crippen molar-refractivity contribution in [2.24, 2.45) is 0 Å². The lowest BCUT2D eigenvalue weighted by molar-refractivity contribution is -0.117. The van der Waals surface area contributed by atoms with E-state index in [2.05, 4.69) is 20.7 Å². The van der Waals surface area contributed by atoms with Crippen molar-refractivity contribution in [3.05, 3.63) is 46.8 Å². The number of nitrogens with zero attached hydrogens (tertiary/aromatic N) is 5. The highest BCUT2D eigenvalue weighted by atomic mass is 32.1. The Morgan fingerprint density at radius 1 is 1.09 bits per heavy atom. The van der Waals surface area contributed by atoms with Crippen molar-refractivity contribution in [1.29, 1.82) is 0 Å². The first-order chi connectivity index (χ1) is 16.5. The van der Waals surface area contributed by atoms with Gasteiger partial charge in [0.2, 0.25) is 11.7 Å². The van der Waals surface area contributed by atoms with Crippen LogP contribution in [0.15, 0.2) is 35.7 Å². The quantitative estimate of drug-likeness (QED) is 0.502. The molecular weight excluding hydrogens is 460 g/mol. The molecule has 34 heavy (non-hydrogen) atoms. The fourth-order valence-electron chi connectivity index (χ4n) is 3.77. The first kappa shape index (κ1) is 23.5. The summed E-state index contributed by atoms with van der Waals surface area (Å²) in [6.45, 7) is 1.57. The van der Waals surface area contributed by atoms with Gasteiger partial charge in [-0.1, -0.05) is 6.07 Å². The Kier molecular flexibility index (Phi) is 7.28. The van der Waals surface area contributed by atoms with Gasteiger partial charge in [0.1, 0.15) is 0 Å². The molecule has 0 saturated carbocycles. The van der Waals surface area contributed by atoms with Crippen LogP contribution in [0.3, 0.4) is 0 Å². The van der Waals surface area contributed by atoms with Crippen LogP contribution in [0.25, 0.3) is 10.7 Å². The third-order valence-corrected chi connectivity index (χ3v) is 6.35. The van der Waals surface area contributed by atoms with Crippen LogP contribution < -0.4 is 5.32 Å². The molecule has 1 aliphatic rings. The number of carbonyl (C=O) groups excluding carboxylic acids is 3. The molecule has 3 heterocycles. The third-order valence-electron chi connectivity index (χ3n) is 5.48. The van der Waals surface area contributed by atoms with E-state index < -0.39 is 11.9 Å². The van der Waals surface area contributed by atoms with Gasteiger partial charge in [-0.15, -0.1) is 21.5 Å². The molecule has 0 aliphatic carbocycles. The maximum Gasteiger partial charge on any atom is 0.337 e. The van der Waals surface area contributed by atoms with Crippen LogP contribution in [-0.4, -0.2) is 76.8 Å². The number of aromatic nitrogens is 4. The molecule has 2 aromatic heterocycles. The van der Waals surface area contributed by atoms with Crippen molar-refractivity contribution in [2.45, 2.75) is 18.9 Å². The zero-order valence-electron chi connectivity index (χ0n) is 18.8. The van der Waals surface area contributed by atoms with Crippen LogP contribution in [-0.2, 0) is 14.3 Å². The second-order valence-corrected chi connectivity index (χ2v) is 8.70. The first-order valence-electron chi connectivity index (χ1n) is 10.6. The predicted molar refractivity (Wildman–Crippen MR) is 124 cm³/mol. The van der Waals surface area contributed by atoms with Crippen molar-refractivity contribution in [2.75, 3.05) is 39.2 Å². The molecule has 1 fully saturated rings. The molecule has 0 spiro atoms. The number of esters is 2. The summed E-state index contributed by atoms with van der Waals surface area (Å²) < 4.78 is 9.45. The van der Waals surface area contributed by atoms with E-state index >= 15 is 0 Å². The van der Waals surface area contributed by atoms with E-state index in [-0.39, 0.29) is 29.6 Å². The average molecular weight is 485 g/mol. The van der Waals surface area contributed by atoms with Crippen LogP contribution in [0, 0.1) is 0 Å². The fraction of sp³-hybridized carbons (Fsp3) is 0.364. The first-order valence-corrected chi connectivity index (χ1v) is 11.5. The van der Waals surface area contributed by atoms with Crippen molar-refractivity contribution in [3.63, 3.8) is 0 Å². The van der Waals surface area contributed by atoms with Gasteiger partial charge in [0.15, 0.2) is 0 Å². The molecule has 12 heteroatoms. The average Bonchev–Trinajstić information content (AvgIpc) is 3.55. The highest BCUT2D eigenvalue weighted by Gasteiger charge is 2.24. The monoisotopic (exact) mass is 484 g/mol. The van der Waals surface area contributed by atoms with E-state index in [1.165, 1.54) is 32.4 Å². The lowest BCUT2D eigenvalue weighted by Gasteiger charge is -2.30. The number of carbonyl (C=O) groups is 3. The summed E-state index contributed by atoms with van der Waals surface area (Å²) >= 11 is 1.57. The molecule has 1 N–H and O–H groups in total. The van der Waals surface area contributed by atoms with Crippen LogP contribution >= 0.6 is 11.3 Å². The Hall–Kier alpha value is -3.64. The van der Waals surface area contributed by atoms with Gasteiger partial charge in [-0.05, 0) is 47.7 Å². The number of thiophene rings is 1. The lowest BCUT2D eigenvalue weighted by atomic mass is 10.1. The molecule has 0 bridgehead atoms. The molecule has 0 unspecified atom stereocenters. The fourth-order valence-corrected chi connectivity index (χ4v) is 4.42. The van der Waals surface area contributed by atoms with Gasteiger partial charge >= 0.3 is 11.9 Å². The van der Waals surface area contributed by atoms with Crippen molar-refractivity contribution < 1.29 is 23.9 Å². The topological polar surface area (TPSA) is 129 Å². The summed E-state index contributed by atoms with van der Waals surface area (Å²) in [6.07, 6.45) is 1.58. The third kappa shape index (κ3) is 5.46. The highest BCUT2D eigenvalue weighted by molar-refractivity contribution is 7.13. The summed E-state index contributed by atoms with van der Waals surface area (Å²) in [7, 11) is 2.49. The van der Waals surface area contributed by atoms with Gasteiger partial charge < -0.3 is 14.8 Å². The molecule has 11 nitrogen and oxygen atoms in total. The number of tetrazole rings is 1. The minimum absolute atomic E-state index is 0.125. The van der Waals surface area contributed by atoms with Gasteiger partial charge in [-0.3, -0.25) is 9.69 Å². The number of hydrogen-bond donors (Lipinski definition) is 1. The van der Waals surface area contributed by atoms with E-state index in [0.29, 0.717) is 24.6 Å². The number of benzene rings is 1. The molecule has 4 rings (SSSR count). The van der Waals surface area contributed by atoms with Crippen LogP contribution in [0.4, 0.5) is 5.69 Å². The van der Waals surface area contributed by atoms with Gasteiger partial charge in [0.05, 0.1) is 42.8 Å². The van der Waals surface area contributed by atoms with Crippen molar-refractivity contribution in [3.8, 4) is 10.7 Å². The highest BCUT2D eigenvalue weighted by Crippen LogP contribution is 2.24. The Bertz CT molecular complexity index is 1140. The van der Waals surface area contributed by atoms with E-state index in [1.807, 2.05) is 22.4 Å². The van der Waals surface area contributed by atoms with E-state index in [1.54, 1.807) is 16.1 Å². The Morgan fingerprint density at radius 2 is 1.76 bits per heavy atom. The van der Waals surface area contributed by atoms with Gasteiger partial charge in [-0.2, -0.15) is 4.80 Å². The van der Waals surface area contributed by atoms with Gasteiger partial charge in [-0.25, -0.2) is 9.59 Å². The summed E-state index contributed by atoms with van der Waals surface area (Å²) in [4.78, 5) is 41.2. The van der Waals surface area contributed by atoms with Gasteiger partial charge in [0.25, 0.3) is 0 Å². The van der Waals surface area contributed by atoms with Crippen molar-refractivity contribution in [1.82, 2.24) is 25.1 Å². The maximum absolute atomic E-state index is 12.6. The zero-order valence-corrected chi connectivity index (χ0v) is 19.6. The molecular formula is C22H24N6O5S. The number of anilines is 1. The standard InChI is InChI=1S/C22H24N6O5S/c1-32-21(30)14-10-15(22(31)33-2)12-16(11-14)23-19(29)13-27-7-5-17(6-8-27)28-25-20(24-26-28)18-4-3-9-34-18/h3-4,9-12,17H,5-8,13H2,1-2H3,(H,23,29). The second kappa shape index (κ2) is 10.5.